The Balaban J connectivity index is 2.40. The molecule has 0 aliphatic carbocycles. The average molecular weight is 216 g/mol. The number of thiazole rings is 1. The fraction of sp³-hybridized carbons (Fsp3) is 0.500. The molecule has 72 valence electrons. The molecule has 1 aromatic heterocycles. The third kappa shape index (κ3) is 3.36. The Morgan fingerprint density at radius 3 is 3.08 bits per heavy atom. The Bertz CT molecular complexity index is 285. The number of carbonyl (C=O) groups excluding carboxylic acids is 1. The topological polar surface area (TPSA) is 42.0 Å². The molecule has 1 amide bonds. The number of hydrogen-bond acceptors (Lipinski definition) is 4. The van der Waals surface area contributed by atoms with Crippen LogP contribution in [0.25, 0.3) is 0 Å². The molecule has 0 unspecified atom stereocenters. The van der Waals surface area contributed by atoms with Crippen molar-refractivity contribution in [2.45, 2.75) is 6.92 Å². The molecular weight excluding hydrogens is 204 g/mol. The summed E-state index contributed by atoms with van der Waals surface area (Å²) in [6.07, 6.45) is 2.01. The summed E-state index contributed by atoms with van der Waals surface area (Å²) in [7, 11) is 0. The van der Waals surface area contributed by atoms with Crippen LogP contribution < -0.4 is 5.32 Å². The zero-order chi connectivity index (χ0) is 9.68. The highest BCUT2D eigenvalue weighted by molar-refractivity contribution is 7.98. The Labute approximate surface area is 86.0 Å². The van der Waals surface area contributed by atoms with Crippen molar-refractivity contribution in [1.82, 2.24) is 10.3 Å². The van der Waals surface area contributed by atoms with Gasteiger partial charge in [0.15, 0.2) is 0 Å². The molecule has 0 saturated heterocycles. The van der Waals surface area contributed by atoms with Gasteiger partial charge in [-0.2, -0.15) is 11.8 Å². The Morgan fingerprint density at radius 2 is 2.54 bits per heavy atom. The van der Waals surface area contributed by atoms with Gasteiger partial charge in [-0.3, -0.25) is 4.79 Å². The van der Waals surface area contributed by atoms with Crippen LogP contribution in [0.5, 0.6) is 0 Å². The Kier molecular flexibility index (Phi) is 4.24. The summed E-state index contributed by atoms with van der Waals surface area (Å²) in [4.78, 5) is 15.4. The van der Waals surface area contributed by atoms with Crippen molar-refractivity contribution < 1.29 is 4.79 Å². The van der Waals surface area contributed by atoms with Crippen molar-refractivity contribution in [3.8, 4) is 0 Å². The monoisotopic (exact) mass is 216 g/mol. The SMILES string of the molecule is CSCCNC(=O)c1csc(C)n1. The number of amides is 1. The highest BCUT2D eigenvalue weighted by Gasteiger charge is 2.07. The summed E-state index contributed by atoms with van der Waals surface area (Å²) in [5, 5.41) is 5.51. The van der Waals surface area contributed by atoms with Crippen molar-refractivity contribution >= 4 is 29.0 Å². The van der Waals surface area contributed by atoms with E-state index in [2.05, 4.69) is 10.3 Å². The van der Waals surface area contributed by atoms with E-state index >= 15 is 0 Å². The summed E-state index contributed by atoms with van der Waals surface area (Å²) in [6, 6.07) is 0. The first-order valence-electron chi connectivity index (χ1n) is 3.93. The van der Waals surface area contributed by atoms with E-state index < -0.39 is 0 Å². The largest absolute Gasteiger partial charge is 0.350 e. The van der Waals surface area contributed by atoms with E-state index in [4.69, 9.17) is 0 Å². The molecule has 1 heterocycles. The minimum absolute atomic E-state index is 0.0709. The van der Waals surface area contributed by atoms with E-state index in [1.54, 1.807) is 17.1 Å². The molecule has 1 N–H and O–H groups in total. The van der Waals surface area contributed by atoms with Gasteiger partial charge in [-0.15, -0.1) is 11.3 Å². The number of carbonyl (C=O) groups is 1. The lowest BCUT2D eigenvalue weighted by Crippen LogP contribution is -2.25. The second-order valence-corrected chi connectivity index (χ2v) is 4.55. The van der Waals surface area contributed by atoms with E-state index in [-0.39, 0.29) is 5.91 Å². The lowest BCUT2D eigenvalue weighted by Gasteiger charge is -1.99. The maximum absolute atomic E-state index is 11.4. The van der Waals surface area contributed by atoms with Crippen LogP contribution in [0.4, 0.5) is 0 Å². The molecule has 1 rings (SSSR count). The second kappa shape index (κ2) is 5.24. The van der Waals surface area contributed by atoms with Gasteiger partial charge in [0.25, 0.3) is 5.91 Å². The van der Waals surface area contributed by atoms with E-state index in [9.17, 15) is 4.79 Å². The Morgan fingerprint density at radius 1 is 1.77 bits per heavy atom. The highest BCUT2D eigenvalue weighted by Crippen LogP contribution is 2.07. The normalized spacial score (nSPS) is 10.0. The third-order valence-corrected chi connectivity index (χ3v) is 2.83. The first-order valence-corrected chi connectivity index (χ1v) is 6.20. The van der Waals surface area contributed by atoms with Crippen LogP contribution in [0.3, 0.4) is 0 Å². The highest BCUT2D eigenvalue weighted by atomic mass is 32.2. The summed E-state index contributed by atoms with van der Waals surface area (Å²) < 4.78 is 0. The number of rotatable bonds is 4. The van der Waals surface area contributed by atoms with E-state index in [0.717, 1.165) is 10.8 Å². The molecular formula is C8H12N2OS2. The molecule has 5 heteroatoms. The van der Waals surface area contributed by atoms with E-state index in [0.29, 0.717) is 12.2 Å². The van der Waals surface area contributed by atoms with Gasteiger partial charge in [0.2, 0.25) is 0 Å². The lowest BCUT2D eigenvalue weighted by atomic mass is 10.4. The summed E-state index contributed by atoms with van der Waals surface area (Å²) in [5.74, 6) is 0.868. The van der Waals surface area contributed by atoms with Crippen molar-refractivity contribution in [2.75, 3.05) is 18.6 Å². The molecule has 0 radical (unpaired) electrons. The molecule has 0 aromatic carbocycles. The van der Waals surface area contributed by atoms with Gasteiger partial charge in [0, 0.05) is 17.7 Å². The smallest absolute Gasteiger partial charge is 0.270 e. The number of hydrogen-bond donors (Lipinski definition) is 1. The molecule has 13 heavy (non-hydrogen) atoms. The van der Waals surface area contributed by atoms with Gasteiger partial charge < -0.3 is 5.32 Å². The standard InChI is InChI=1S/C8H12N2OS2/c1-6-10-7(5-13-6)8(11)9-3-4-12-2/h5H,3-4H2,1-2H3,(H,9,11). The van der Waals surface area contributed by atoms with Crippen molar-refractivity contribution in [3.63, 3.8) is 0 Å². The minimum atomic E-state index is -0.0709. The lowest BCUT2D eigenvalue weighted by molar-refractivity contribution is 0.0952. The maximum Gasteiger partial charge on any atom is 0.270 e. The van der Waals surface area contributed by atoms with Crippen molar-refractivity contribution in [2.24, 2.45) is 0 Å². The van der Waals surface area contributed by atoms with Gasteiger partial charge in [0.05, 0.1) is 5.01 Å². The van der Waals surface area contributed by atoms with Crippen LogP contribution in [-0.4, -0.2) is 29.4 Å². The predicted molar refractivity (Wildman–Crippen MR) is 57.6 cm³/mol. The van der Waals surface area contributed by atoms with Crippen molar-refractivity contribution in [1.29, 1.82) is 0 Å². The van der Waals surface area contributed by atoms with E-state index in [1.807, 2.05) is 13.2 Å². The second-order valence-electron chi connectivity index (χ2n) is 2.50. The summed E-state index contributed by atoms with van der Waals surface area (Å²) in [6.45, 7) is 2.60. The summed E-state index contributed by atoms with van der Waals surface area (Å²) >= 11 is 3.21. The average Bonchev–Trinajstić information content (AvgIpc) is 2.52. The molecule has 0 aliphatic heterocycles. The van der Waals surface area contributed by atoms with Crippen LogP contribution in [-0.2, 0) is 0 Å². The fourth-order valence-electron chi connectivity index (χ4n) is 0.825. The minimum Gasteiger partial charge on any atom is -0.350 e. The van der Waals surface area contributed by atoms with Gasteiger partial charge in [-0.05, 0) is 13.2 Å². The number of thioether (sulfide) groups is 1. The summed E-state index contributed by atoms with van der Waals surface area (Å²) in [5.41, 5.74) is 0.531. The number of nitrogens with zero attached hydrogens (tertiary/aromatic N) is 1. The van der Waals surface area contributed by atoms with Gasteiger partial charge in [-0.25, -0.2) is 4.98 Å². The van der Waals surface area contributed by atoms with Crippen LogP contribution >= 0.6 is 23.1 Å². The number of nitrogens with one attached hydrogen (secondary N) is 1. The molecule has 0 aliphatic rings. The zero-order valence-corrected chi connectivity index (χ0v) is 9.30. The fourth-order valence-corrected chi connectivity index (χ4v) is 1.72. The van der Waals surface area contributed by atoms with Crippen LogP contribution in [0, 0.1) is 6.92 Å². The Hall–Kier alpha value is -0.550. The van der Waals surface area contributed by atoms with Crippen molar-refractivity contribution in [3.05, 3.63) is 16.1 Å². The first-order chi connectivity index (χ1) is 6.24. The van der Waals surface area contributed by atoms with Crippen LogP contribution in [0.15, 0.2) is 5.38 Å². The van der Waals surface area contributed by atoms with Gasteiger partial charge in [-0.1, -0.05) is 0 Å². The molecule has 0 spiro atoms. The van der Waals surface area contributed by atoms with E-state index in [1.165, 1.54) is 11.3 Å². The molecule has 0 fully saturated rings. The van der Waals surface area contributed by atoms with Crippen LogP contribution in [0.1, 0.15) is 15.5 Å². The zero-order valence-electron chi connectivity index (χ0n) is 7.66. The first kappa shape index (κ1) is 10.5. The predicted octanol–water partition coefficient (Wildman–Crippen LogP) is 1.54. The van der Waals surface area contributed by atoms with Gasteiger partial charge in [0.1, 0.15) is 5.69 Å². The third-order valence-electron chi connectivity index (χ3n) is 1.44. The molecule has 0 atom stereocenters. The number of aryl methyl sites for hydroxylation is 1. The molecule has 1 aromatic rings. The molecule has 3 nitrogen and oxygen atoms in total. The van der Waals surface area contributed by atoms with Gasteiger partial charge >= 0.3 is 0 Å². The molecule has 0 saturated carbocycles. The van der Waals surface area contributed by atoms with Crippen LogP contribution in [0.2, 0.25) is 0 Å². The molecule has 0 bridgehead atoms. The maximum atomic E-state index is 11.4. The quantitative estimate of drug-likeness (QED) is 0.776. The number of aromatic nitrogens is 1.